The van der Waals surface area contributed by atoms with E-state index in [0.717, 1.165) is 30.8 Å². The second kappa shape index (κ2) is 7.48. The minimum absolute atomic E-state index is 0.135. The fourth-order valence-corrected chi connectivity index (χ4v) is 1.69. The molecule has 5 heteroatoms. The molecule has 0 amide bonds. The van der Waals surface area contributed by atoms with E-state index >= 15 is 0 Å². The summed E-state index contributed by atoms with van der Waals surface area (Å²) < 4.78 is 5.57. The highest BCUT2D eigenvalue weighted by atomic mass is 79.9. The molecule has 0 N–H and O–H groups in total. The molecule has 1 heterocycles. The Hall–Kier alpha value is -0.840. The van der Waals surface area contributed by atoms with Crippen molar-refractivity contribution in [2.75, 3.05) is 23.3 Å². The molecule has 1 rings (SSSR count). The van der Waals surface area contributed by atoms with Crippen molar-refractivity contribution in [1.29, 1.82) is 0 Å². The largest absolute Gasteiger partial charge is 0.475 e. The third-order valence-corrected chi connectivity index (χ3v) is 2.76. The summed E-state index contributed by atoms with van der Waals surface area (Å²) in [4.78, 5) is 10.9. The molecule has 0 bridgehead atoms. The maximum atomic E-state index is 5.57. The molecule has 0 aliphatic heterocycles. The fraction of sp³-hybridized carbons (Fsp3) is 0.667. The van der Waals surface area contributed by atoms with Crippen LogP contribution >= 0.6 is 15.9 Å². The van der Waals surface area contributed by atoms with E-state index in [4.69, 9.17) is 4.74 Å². The standard InChI is InChI=1S/C12H20BrN3O/c1-4-16(9-5-7-13)12-14-8-6-11(15-12)17-10(2)3/h6,8,10H,4-5,7,9H2,1-3H3. The predicted molar refractivity (Wildman–Crippen MR) is 74.1 cm³/mol. The highest BCUT2D eigenvalue weighted by molar-refractivity contribution is 9.09. The molecule has 96 valence electrons. The first-order valence-electron chi connectivity index (χ1n) is 5.98. The third-order valence-electron chi connectivity index (χ3n) is 2.20. The number of halogens is 1. The number of alkyl halides is 1. The zero-order valence-electron chi connectivity index (χ0n) is 10.7. The van der Waals surface area contributed by atoms with Crippen molar-refractivity contribution in [1.82, 2.24) is 9.97 Å². The molecule has 0 radical (unpaired) electrons. The Morgan fingerprint density at radius 2 is 2.24 bits per heavy atom. The lowest BCUT2D eigenvalue weighted by Crippen LogP contribution is -2.26. The van der Waals surface area contributed by atoms with Gasteiger partial charge < -0.3 is 9.64 Å². The van der Waals surface area contributed by atoms with E-state index in [2.05, 4.69) is 37.7 Å². The van der Waals surface area contributed by atoms with Crippen LogP contribution in [-0.2, 0) is 0 Å². The highest BCUT2D eigenvalue weighted by Crippen LogP contribution is 2.14. The number of rotatable bonds is 7. The van der Waals surface area contributed by atoms with Crippen molar-refractivity contribution < 1.29 is 4.74 Å². The maximum Gasteiger partial charge on any atom is 0.228 e. The lowest BCUT2D eigenvalue weighted by Gasteiger charge is -2.20. The van der Waals surface area contributed by atoms with E-state index in [1.54, 1.807) is 12.3 Å². The van der Waals surface area contributed by atoms with Gasteiger partial charge in [0.25, 0.3) is 0 Å². The number of anilines is 1. The van der Waals surface area contributed by atoms with E-state index in [9.17, 15) is 0 Å². The monoisotopic (exact) mass is 301 g/mol. The summed E-state index contributed by atoms with van der Waals surface area (Å²) in [6.07, 6.45) is 2.96. The summed E-state index contributed by atoms with van der Waals surface area (Å²) in [7, 11) is 0. The number of hydrogen-bond acceptors (Lipinski definition) is 4. The lowest BCUT2D eigenvalue weighted by atomic mass is 10.4. The first kappa shape index (κ1) is 14.2. The molecule has 0 aliphatic carbocycles. The minimum atomic E-state index is 0.135. The first-order valence-corrected chi connectivity index (χ1v) is 7.10. The molecule has 0 saturated carbocycles. The van der Waals surface area contributed by atoms with Crippen LogP contribution in [0, 0.1) is 0 Å². The van der Waals surface area contributed by atoms with Gasteiger partial charge in [-0.3, -0.25) is 0 Å². The van der Waals surface area contributed by atoms with E-state index in [1.165, 1.54) is 0 Å². The van der Waals surface area contributed by atoms with Gasteiger partial charge >= 0.3 is 0 Å². The van der Waals surface area contributed by atoms with Gasteiger partial charge in [0.2, 0.25) is 11.8 Å². The van der Waals surface area contributed by atoms with Gasteiger partial charge in [-0.1, -0.05) is 15.9 Å². The van der Waals surface area contributed by atoms with Crippen LogP contribution in [-0.4, -0.2) is 34.5 Å². The van der Waals surface area contributed by atoms with Crippen LogP contribution in [0.1, 0.15) is 27.2 Å². The van der Waals surface area contributed by atoms with Crippen molar-refractivity contribution in [3.8, 4) is 5.88 Å². The van der Waals surface area contributed by atoms with Crippen LogP contribution in [0.25, 0.3) is 0 Å². The third kappa shape index (κ3) is 4.89. The van der Waals surface area contributed by atoms with Crippen LogP contribution in [0.3, 0.4) is 0 Å². The molecule has 1 aromatic heterocycles. The average molecular weight is 302 g/mol. The number of aromatic nitrogens is 2. The van der Waals surface area contributed by atoms with Crippen molar-refractivity contribution >= 4 is 21.9 Å². The molecular formula is C12H20BrN3O. The summed E-state index contributed by atoms with van der Waals surface area (Å²) in [5.74, 6) is 1.38. The molecule has 1 aromatic rings. The number of hydrogen-bond donors (Lipinski definition) is 0. The zero-order valence-corrected chi connectivity index (χ0v) is 12.3. The highest BCUT2D eigenvalue weighted by Gasteiger charge is 2.08. The van der Waals surface area contributed by atoms with E-state index in [0.29, 0.717) is 5.88 Å². The average Bonchev–Trinajstić information content (AvgIpc) is 2.30. The van der Waals surface area contributed by atoms with Gasteiger partial charge in [-0.2, -0.15) is 4.98 Å². The van der Waals surface area contributed by atoms with E-state index < -0.39 is 0 Å². The minimum Gasteiger partial charge on any atom is -0.475 e. The Balaban J connectivity index is 2.73. The van der Waals surface area contributed by atoms with Crippen LogP contribution < -0.4 is 9.64 Å². The molecule has 0 fully saturated rings. The Bertz CT molecular complexity index is 333. The van der Waals surface area contributed by atoms with Gasteiger partial charge in [0.05, 0.1) is 6.10 Å². The fourth-order valence-electron chi connectivity index (χ4n) is 1.44. The van der Waals surface area contributed by atoms with Crippen LogP contribution in [0.5, 0.6) is 5.88 Å². The second-order valence-electron chi connectivity index (χ2n) is 3.98. The van der Waals surface area contributed by atoms with Crippen LogP contribution in [0.15, 0.2) is 12.3 Å². The summed E-state index contributed by atoms with van der Waals surface area (Å²) in [5, 5.41) is 0.992. The smallest absolute Gasteiger partial charge is 0.228 e. The molecule has 0 unspecified atom stereocenters. The van der Waals surface area contributed by atoms with Gasteiger partial charge in [-0.15, -0.1) is 0 Å². The SMILES string of the molecule is CCN(CCCBr)c1nccc(OC(C)C)n1. The number of nitrogens with zero attached hydrogens (tertiary/aromatic N) is 3. The number of ether oxygens (including phenoxy) is 1. The van der Waals surface area contributed by atoms with Crippen molar-refractivity contribution in [3.63, 3.8) is 0 Å². The van der Waals surface area contributed by atoms with Gasteiger partial charge in [0.1, 0.15) is 0 Å². The Morgan fingerprint density at radius 1 is 1.47 bits per heavy atom. The van der Waals surface area contributed by atoms with E-state index in [-0.39, 0.29) is 6.10 Å². The van der Waals surface area contributed by atoms with Crippen molar-refractivity contribution in [2.24, 2.45) is 0 Å². The maximum absolute atomic E-state index is 5.57. The molecule has 0 saturated heterocycles. The Kier molecular flexibility index (Phi) is 6.26. The molecule has 0 atom stereocenters. The second-order valence-corrected chi connectivity index (χ2v) is 4.78. The summed E-state index contributed by atoms with van der Waals surface area (Å²) in [6.45, 7) is 7.94. The lowest BCUT2D eigenvalue weighted by molar-refractivity contribution is 0.232. The Labute approximate surface area is 112 Å². The van der Waals surface area contributed by atoms with Gasteiger partial charge in [-0.25, -0.2) is 4.98 Å². The first-order chi connectivity index (χ1) is 8.17. The zero-order chi connectivity index (χ0) is 12.7. The molecule has 4 nitrogen and oxygen atoms in total. The molecule has 0 aromatic carbocycles. The Morgan fingerprint density at radius 3 is 2.82 bits per heavy atom. The quantitative estimate of drug-likeness (QED) is 0.726. The topological polar surface area (TPSA) is 38.2 Å². The van der Waals surface area contributed by atoms with Gasteiger partial charge in [0.15, 0.2) is 0 Å². The summed E-state index contributed by atoms with van der Waals surface area (Å²) in [6, 6.07) is 1.79. The van der Waals surface area contributed by atoms with Gasteiger partial charge in [0, 0.05) is 30.7 Å². The van der Waals surface area contributed by atoms with Crippen LogP contribution in [0.4, 0.5) is 5.95 Å². The molecule has 17 heavy (non-hydrogen) atoms. The predicted octanol–water partition coefficient (Wildman–Crippen LogP) is 2.88. The van der Waals surface area contributed by atoms with Crippen molar-refractivity contribution in [2.45, 2.75) is 33.3 Å². The van der Waals surface area contributed by atoms with E-state index in [1.807, 2.05) is 13.8 Å². The summed E-state index contributed by atoms with van der Waals surface area (Å²) >= 11 is 3.43. The molecule has 0 aliphatic rings. The van der Waals surface area contributed by atoms with Crippen molar-refractivity contribution in [3.05, 3.63) is 12.3 Å². The normalized spacial score (nSPS) is 10.6. The molecule has 0 spiro atoms. The van der Waals surface area contributed by atoms with Gasteiger partial charge in [-0.05, 0) is 27.2 Å². The van der Waals surface area contributed by atoms with Crippen LogP contribution in [0.2, 0.25) is 0 Å². The summed E-state index contributed by atoms with van der Waals surface area (Å²) in [5.41, 5.74) is 0. The molecular weight excluding hydrogens is 282 g/mol.